The van der Waals surface area contributed by atoms with Crippen molar-refractivity contribution < 1.29 is 28.5 Å². The molecule has 0 bridgehead atoms. The van der Waals surface area contributed by atoms with Gasteiger partial charge in [-0.2, -0.15) is 0 Å². The van der Waals surface area contributed by atoms with Crippen LogP contribution in [0.15, 0.2) is 48.5 Å². The molecule has 3 N–H and O–H groups in total. The van der Waals surface area contributed by atoms with E-state index in [1.807, 2.05) is 38.1 Å². The summed E-state index contributed by atoms with van der Waals surface area (Å²) in [5.74, 6) is 1.50. The Balaban J connectivity index is 0.000000329. The summed E-state index contributed by atoms with van der Waals surface area (Å²) in [5, 5.41) is 3.64. The number of likely N-dealkylation sites (tertiary alicyclic amines) is 2. The van der Waals surface area contributed by atoms with E-state index in [9.17, 15) is 9.59 Å². The molecule has 2 aromatic carbocycles. The third kappa shape index (κ3) is 14.1. The van der Waals surface area contributed by atoms with Gasteiger partial charge in [0.1, 0.15) is 11.5 Å². The zero-order chi connectivity index (χ0) is 34.2. The summed E-state index contributed by atoms with van der Waals surface area (Å²) in [6, 6.07) is 17.8. The first-order valence-electron chi connectivity index (χ1n) is 17.2. The van der Waals surface area contributed by atoms with Crippen LogP contribution >= 0.6 is 0 Å². The van der Waals surface area contributed by atoms with Gasteiger partial charge in [-0.25, -0.2) is 0 Å². The number of methoxy groups -OCH3 is 2. The van der Waals surface area contributed by atoms with Crippen LogP contribution in [0.3, 0.4) is 0 Å². The van der Waals surface area contributed by atoms with E-state index in [-0.39, 0.29) is 37.5 Å². The van der Waals surface area contributed by atoms with E-state index in [0.717, 1.165) is 63.4 Å². The summed E-state index contributed by atoms with van der Waals surface area (Å²) in [4.78, 5) is 28.5. The monoisotopic (exact) mass is 670 g/mol. The number of rotatable bonds is 14. The highest BCUT2D eigenvalue weighted by molar-refractivity contribution is 5.70. The smallest absolute Gasteiger partial charge is 0.307 e. The van der Waals surface area contributed by atoms with Crippen LogP contribution in [0.5, 0.6) is 11.5 Å². The first kappa shape index (κ1) is 41.0. The Kier molecular flexibility index (Phi) is 18.5. The number of carbonyl (C=O) groups excluding carboxylic acids is 2. The Morgan fingerprint density at radius 3 is 1.60 bits per heavy atom. The molecule has 2 fully saturated rings. The third-order valence-corrected chi connectivity index (χ3v) is 8.75. The van der Waals surface area contributed by atoms with Gasteiger partial charge >= 0.3 is 11.9 Å². The van der Waals surface area contributed by atoms with E-state index in [0.29, 0.717) is 38.1 Å². The predicted octanol–water partition coefficient (Wildman–Crippen LogP) is 5.56. The minimum atomic E-state index is -0.122. The summed E-state index contributed by atoms with van der Waals surface area (Å²) < 4.78 is 20.7. The maximum absolute atomic E-state index is 12.0. The van der Waals surface area contributed by atoms with Crippen molar-refractivity contribution >= 4 is 11.9 Å². The van der Waals surface area contributed by atoms with Gasteiger partial charge in [0, 0.05) is 56.4 Å². The second kappa shape index (κ2) is 21.7. The van der Waals surface area contributed by atoms with Crippen LogP contribution in [0.1, 0.15) is 84.8 Å². The third-order valence-electron chi connectivity index (χ3n) is 8.75. The number of benzene rings is 2. The lowest BCUT2D eigenvalue weighted by Crippen LogP contribution is -2.52. The zero-order valence-corrected chi connectivity index (χ0v) is 29.4. The minimum Gasteiger partial charge on any atom is -0.497 e. The number of ether oxygens (including phenoxy) is 4. The van der Waals surface area contributed by atoms with Crippen molar-refractivity contribution in [2.75, 3.05) is 40.5 Å². The molecule has 0 unspecified atom stereocenters. The Morgan fingerprint density at radius 2 is 1.19 bits per heavy atom. The molecule has 0 aliphatic carbocycles. The summed E-state index contributed by atoms with van der Waals surface area (Å²) in [6.07, 6.45) is 4.93. The van der Waals surface area contributed by atoms with Gasteiger partial charge in [0.05, 0.1) is 40.3 Å². The van der Waals surface area contributed by atoms with Crippen LogP contribution in [0.2, 0.25) is 0 Å². The Labute approximate surface area is 289 Å². The highest BCUT2D eigenvalue weighted by Crippen LogP contribution is 2.25. The van der Waals surface area contributed by atoms with E-state index in [1.54, 1.807) is 14.2 Å². The molecular weight excluding hydrogens is 608 g/mol. The summed E-state index contributed by atoms with van der Waals surface area (Å²) in [7, 11) is 3.34. The summed E-state index contributed by atoms with van der Waals surface area (Å²) in [5.41, 5.74) is 8.53. The summed E-state index contributed by atoms with van der Waals surface area (Å²) >= 11 is 0. The Hall–Kier alpha value is -3.18. The quantitative estimate of drug-likeness (QED) is 0.248. The van der Waals surface area contributed by atoms with E-state index in [2.05, 4.69) is 53.2 Å². The fraction of sp³-hybridized carbons (Fsp3) is 0.632. The van der Waals surface area contributed by atoms with E-state index in [4.69, 9.17) is 24.7 Å². The molecule has 2 aromatic rings. The van der Waals surface area contributed by atoms with Crippen molar-refractivity contribution in [3.8, 4) is 11.5 Å². The second-order valence-electron chi connectivity index (χ2n) is 12.8. The number of nitrogens with one attached hydrogen (secondary N) is 1. The highest BCUT2D eigenvalue weighted by atomic mass is 16.5. The minimum absolute atomic E-state index is 0. The molecule has 48 heavy (non-hydrogen) atoms. The van der Waals surface area contributed by atoms with Gasteiger partial charge in [0.25, 0.3) is 0 Å². The van der Waals surface area contributed by atoms with Gasteiger partial charge in [-0.15, -0.1) is 0 Å². The second-order valence-corrected chi connectivity index (χ2v) is 12.8. The Morgan fingerprint density at radius 1 is 0.750 bits per heavy atom. The fourth-order valence-electron chi connectivity index (χ4n) is 6.44. The number of esters is 2. The molecule has 2 heterocycles. The van der Waals surface area contributed by atoms with Gasteiger partial charge in [0.15, 0.2) is 0 Å². The van der Waals surface area contributed by atoms with Crippen molar-refractivity contribution in [2.45, 2.75) is 117 Å². The number of nitrogens with two attached hydrogens (primary N) is 1. The summed E-state index contributed by atoms with van der Waals surface area (Å²) in [6.45, 7) is 12.3. The SMILES string of the molecule is C.CCOC(=O)C[C@@H]1CC[C@@H](N)CN1Cc1ccc(OC)cc1.CCOC(=O)C[C@@H]1CC[C@@H](NC(C)C)CN1Cc1ccc(OC)cc1. The first-order valence-corrected chi connectivity index (χ1v) is 17.2. The van der Waals surface area contributed by atoms with E-state index in [1.165, 1.54) is 11.1 Å². The van der Waals surface area contributed by atoms with E-state index >= 15 is 0 Å². The first-order chi connectivity index (χ1) is 22.6. The topological polar surface area (TPSA) is 116 Å². The zero-order valence-electron chi connectivity index (χ0n) is 29.4. The van der Waals surface area contributed by atoms with Crippen LogP contribution in [-0.2, 0) is 32.2 Å². The maximum atomic E-state index is 12.0. The molecule has 0 radical (unpaired) electrons. The number of hydrogen-bond acceptors (Lipinski definition) is 10. The lowest BCUT2D eigenvalue weighted by atomic mass is 9.94. The van der Waals surface area contributed by atoms with Crippen molar-refractivity contribution in [2.24, 2.45) is 5.73 Å². The molecule has 2 saturated heterocycles. The van der Waals surface area contributed by atoms with Gasteiger partial charge in [0.2, 0.25) is 0 Å². The molecule has 270 valence electrons. The molecule has 2 aliphatic rings. The van der Waals surface area contributed by atoms with Crippen LogP contribution in [0.25, 0.3) is 0 Å². The van der Waals surface area contributed by atoms with Gasteiger partial charge < -0.3 is 30.0 Å². The normalized spacial score (nSPS) is 21.3. The lowest BCUT2D eigenvalue weighted by molar-refractivity contribution is -0.146. The van der Waals surface area contributed by atoms with Crippen molar-refractivity contribution in [1.82, 2.24) is 15.1 Å². The fourth-order valence-corrected chi connectivity index (χ4v) is 6.44. The average Bonchev–Trinajstić information content (AvgIpc) is 3.04. The highest BCUT2D eigenvalue weighted by Gasteiger charge is 2.31. The number of piperidine rings is 2. The van der Waals surface area contributed by atoms with Crippen LogP contribution < -0.4 is 20.5 Å². The molecule has 4 rings (SSSR count). The van der Waals surface area contributed by atoms with Crippen molar-refractivity contribution in [3.05, 3.63) is 59.7 Å². The molecule has 2 aliphatic heterocycles. The molecule has 0 aromatic heterocycles. The van der Waals surface area contributed by atoms with Gasteiger partial charge in [-0.1, -0.05) is 45.5 Å². The molecule has 0 saturated carbocycles. The molecule has 4 atom stereocenters. The standard InChI is InChI=1S/C20H32N2O3.C17H26N2O3.CH4/c1-5-25-20(23)12-18-9-8-17(21-15(2)3)14-22(18)13-16-6-10-19(24-4)11-7-16;1-3-22-17(20)10-15-7-6-14(18)12-19(15)11-13-4-8-16(21-2)9-5-13;/h6-7,10-11,15,17-18,21H,5,8-9,12-14H2,1-4H3;4-5,8-9,14-15H,3,6-7,10-12,18H2,1-2H3;1H4/t17-,18+;14-,15+;/m11./s1. The molecule has 10 nitrogen and oxygen atoms in total. The van der Waals surface area contributed by atoms with Crippen molar-refractivity contribution in [1.29, 1.82) is 0 Å². The Bertz CT molecular complexity index is 1190. The average molecular weight is 671 g/mol. The van der Waals surface area contributed by atoms with Crippen LogP contribution in [-0.4, -0.2) is 92.5 Å². The van der Waals surface area contributed by atoms with E-state index < -0.39 is 0 Å². The molecular formula is C38H62N4O6. The number of nitrogens with zero attached hydrogens (tertiary/aromatic N) is 2. The van der Waals surface area contributed by atoms with Crippen LogP contribution in [0, 0.1) is 0 Å². The molecule has 0 amide bonds. The van der Waals surface area contributed by atoms with Gasteiger partial charge in [-0.3, -0.25) is 19.4 Å². The van der Waals surface area contributed by atoms with Crippen molar-refractivity contribution in [3.63, 3.8) is 0 Å². The molecule has 10 heteroatoms. The molecule has 0 spiro atoms. The van der Waals surface area contributed by atoms with Crippen LogP contribution in [0.4, 0.5) is 0 Å². The number of hydrogen-bond donors (Lipinski definition) is 2. The largest absolute Gasteiger partial charge is 0.497 e. The van der Waals surface area contributed by atoms with Gasteiger partial charge in [-0.05, 0) is 74.9 Å². The number of carbonyl (C=O) groups is 2. The lowest BCUT2D eigenvalue weighted by Gasteiger charge is -2.40. The maximum Gasteiger partial charge on any atom is 0.307 e. The predicted molar refractivity (Wildman–Crippen MR) is 192 cm³/mol.